The molecule has 1 aliphatic heterocycles. The standard InChI is InChI=1S/C14H24N2O5/c1-4-15-10-11(9-12(15)17)14(19)16(7-8-20-2)6-5-13(18)21-3/h11H,4-10H2,1-3H3. The zero-order valence-corrected chi connectivity index (χ0v) is 13.0. The monoisotopic (exact) mass is 300 g/mol. The van der Waals surface area contributed by atoms with Crippen LogP contribution < -0.4 is 0 Å². The Labute approximate surface area is 125 Å². The van der Waals surface area contributed by atoms with Gasteiger partial charge in [-0.2, -0.15) is 0 Å². The molecule has 1 rings (SSSR count). The number of nitrogens with zero attached hydrogens (tertiary/aromatic N) is 2. The van der Waals surface area contributed by atoms with Gasteiger partial charge in [-0.05, 0) is 6.92 Å². The van der Waals surface area contributed by atoms with Crippen LogP contribution in [0.25, 0.3) is 0 Å². The Morgan fingerprint density at radius 3 is 2.57 bits per heavy atom. The number of methoxy groups -OCH3 is 2. The highest BCUT2D eigenvalue weighted by Crippen LogP contribution is 2.20. The van der Waals surface area contributed by atoms with E-state index in [1.54, 1.807) is 16.9 Å². The van der Waals surface area contributed by atoms with Crippen LogP contribution in [0.3, 0.4) is 0 Å². The lowest BCUT2D eigenvalue weighted by Crippen LogP contribution is -2.40. The van der Waals surface area contributed by atoms with E-state index >= 15 is 0 Å². The van der Waals surface area contributed by atoms with Crippen molar-refractivity contribution in [1.29, 1.82) is 0 Å². The lowest BCUT2D eigenvalue weighted by Gasteiger charge is -2.25. The summed E-state index contributed by atoms with van der Waals surface area (Å²) >= 11 is 0. The second kappa shape index (κ2) is 8.61. The molecule has 1 atom stereocenters. The number of rotatable bonds is 8. The Bertz CT molecular complexity index is 386. The smallest absolute Gasteiger partial charge is 0.307 e. The first-order valence-electron chi connectivity index (χ1n) is 7.15. The first-order chi connectivity index (χ1) is 10.0. The minimum absolute atomic E-state index is 0.00973. The summed E-state index contributed by atoms with van der Waals surface area (Å²) in [7, 11) is 2.87. The fraction of sp³-hybridized carbons (Fsp3) is 0.786. The van der Waals surface area contributed by atoms with Crippen LogP contribution in [0.5, 0.6) is 0 Å². The second-order valence-corrected chi connectivity index (χ2v) is 4.98. The van der Waals surface area contributed by atoms with Crippen LogP contribution in [-0.2, 0) is 23.9 Å². The SMILES string of the molecule is CCN1CC(C(=O)N(CCOC)CCC(=O)OC)CC1=O. The molecule has 1 saturated heterocycles. The molecule has 1 unspecified atom stereocenters. The summed E-state index contributed by atoms with van der Waals surface area (Å²) < 4.78 is 9.59. The highest BCUT2D eigenvalue weighted by atomic mass is 16.5. The lowest BCUT2D eigenvalue weighted by atomic mass is 10.1. The van der Waals surface area contributed by atoms with Gasteiger partial charge in [0, 0.05) is 39.7 Å². The third-order valence-corrected chi connectivity index (χ3v) is 3.64. The van der Waals surface area contributed by atoms with E-state index in [0.29, 0.717) is 26.2 Å². The Morgan fingerprint density at radius 1 is 1.33 bits per heavy atom. The van der Waals surface area contributed by atoms with Crippen molar-refractivity contribution in [3.63, 3.8) is 0 Å². The molecule has 0 saturated carbocycles. The van der Waals surface area contributed by atoms with E-state index in [-0.39, 0.29) is 43.1 Å². The van der Waals surface area contributed by atoms with Crippen molar-refractivity contribution >= 4 is 17.8 Å². The van der Waals surface area contributed by atoms with E-state index < -0.39 is 0 Å². The number of carbonyl (C=O) groups excluding carboxylic acids is 3. The summed E-state index contributed by atoms with van der Waals surface area (Å²) in [5, 5.41) is 0. The molecule has 1 fully saturated rings. The first kappa shape index (κ1) is 17.4. The molecule has 7 heteroatoms. The molecule has 2 amide bonds. The van der Waals surface area contributed by atoms with Crippen LogP contribution in [0, 0.1) is 5.92 Å². The fourth-order valence-electron chi connectivity index (χ4n) is 2.36. The van der Waals surface area contributed by atoms with Crippen LogP contribution >= 0.6 is 0 Å². The van der Waals surface area contributed by atoms with E-state index in [0.717, 1.165) is 0 Å². The van der Waals surface area contributed by atoms with Crippen molar-refractivity contribution in [2.45, 2.75) is 19.8 Å². The predicted octanol–water partition coefficient (Wildman–Crippen LogP) is -0.107. The maximum atomic E-state index is 12.5. The molecule has 21 heavy (non-hydrogen) atoms. The quantitative estimate of drug-likeness (QED) is 0.585. The molecule has 0 aromatic carbocycles. The highest BCUT2D eigenvalue weighted by Gasteiger charge is 2.35. The van der Waals surface area contributed by atoms with Crippen LogP contribution in [-0.4, -0.2) is 74.6 Å². The maximum absolute atomic E-state index is 12.5. The van der Waals surface area contributed by atoms with Gasteiger partial charge in [0.25, 0.3) is 0 Å². The number of esters is 1. The van der Waals surface area contributed by atoms with Crippen molar-refractivity contribution < 1.29 is 23.9 Å². The molecule has 1 heterocycles. The van der Waals surface area contributed by atoms with Crippen molar-refractivity contribution in [3.8, 4) is 0 Å². The van der Waals surface area contributed by atoms with Gasteiger partial charge in [0.05, 0.1) is 26.1 Å². The van der Waals surface area contributed by atoms with Crippen LogP contribution in [0.15, 0.2) is 0 Å². The molecule has 0 spiro atoms. The van der Waals surface area contributed by atoms with Crippen LogP contribution in [0.2, 0.25) is 0 Å². The number of carbonyl (C=O) groups is 3. The van der Waals surface area contributed by atoms with E-state index in [1.807, 2.05) is 6.92 Å². The Morgan fingerprint density at radius 2 is 2.05 bits per heavy atom. The second-order valence-electron chi connectivity index (χ2n) is 4.98. The Kier molecular flexibility index (Phi) is 7.14. The molecule has 7 nitrogen and oxygen atoms in total. The number of hydrogen-bond donors (Lipinski definition) is 0. The van der Waals surface area contributed by atoms with Crippen molar-refractivity contribution in [3.05, 3.63) is 0 Å². The fourth-order valence-corrected chi connectivity index (χ4v) is 2.36. The van der Waals surface area contributed by atoms with Gasteiger partial charge in [-0.25, -0.2) is 0 Å². The van der Waals surface area contributed by atoms with Gasteiger partial charge in [-0.15, -0.1) is 0 Å². The summed E-state index contributed by atoms with van der Waals surface area (Å²) in [6.45, 7) is 4.04. The van der Waals surface area contributed by atoms with E-state index in [4.69, 9.17) is 4.74 Å². The molecule has 0 bridgehead atoms. The van der Waals surface area contributed by atoms with Crippen LogP contribution in [0.1, 0.15) is 19.8 Å². The van der Waals surface area contributed by atoms with E-state index in [9.17, 15) is 14.4 Å². The normalized spacial score (nSPS) is 18.0. The molecule has 0 aromatic heterocycles. The summed E-state index contributed by atoms with van der Waals surface area (Å²) in [5.41, 5.74) is 0. The third-order valence-electron chi connectivity index (χ3n) is 3.64. The molecule has 120 valence electrons. The molecule has 0 radical (unpaired) electrons. The van der Waals surface area contributed by atoms with Gasteiger partial charge >= 0.3 is 5.97 Å². The Hall–Kier alpha value is -1.63. The summed E-state index contributed by atoms with van der Waals surface area (Å²) in [6, 6.07) is 0. The first-order valence-corrected chi connectivity index (χ1v) is 7.15. The minimum atomic E-state index is -0.358. The minimum Gasteiger partial charge on any atom is -0.469 e. The van der Waals surface area contributed by atoms with Gasteiger partial charge in [0.2, 0.25) is 11.8 Å². The number of ether oxygens (including phenoxy) is 2. The number of amides is 2. The summed E-state index contributed by atoms with van der Waals surface area (Å²) in [5.74, 6) is -0.773. The topological polar surface area (TPSA) is 76.2 Å². The molecular formula is C14H24N2O5. The lowest BCUT2D eigenvalue weighted by molar-refractivity contribution is -0.142. The third kappa shape index (κ3) is 5.00. The van der Waals surface area contributed by atoms with E-state index in [1.165, 1.54) is 7.11 Å². The zero-order chi connectivity index (χ0) is 15.8. The van der Waals surface area contributed by atoms with Crippen molar-refractivity contribution in [1.82, 2.24) is 9.80 Å². The van der Waals surface area contributed by atoms with Crippen molar-refractivity contribution in [2.75, 3.05) is 47.0 Å². The predicted molar refractivity (Wildman–Crippen MR) is 75.5 cm³/mol. The van der Waals surface area contributed by atoms with Crippen molar-refractivity contribution in [2.24, 2.45) is 5.92 Å². The highest BCUT2D eigenvalue weighted by molar-refractivity contribution is 5.89. The summed E-state index contributed by atoms with van der Waals surface area (Å²) in [6.07, 6.45) is 0.387. The Balaban J connectivity index is 2.62. The zero-order valence-electron chi connectivity index (χ0n) is 13.0. The van der Waals surface area contributed by atoms with E-state index in [2.05, 4.69) is 4.74 Å². The van der Waals surface area contributed by atoms with Gasteiger partial charge < -0.3 is 19.3 Å². The largest absolute Gasteiger partial charge is 0.469 e. The van der Waals surface area contributed by atoms with Gasteiger partial charge in [0.1, 0.15) is 0 Å². The molecular weight excluding hydrogens is 276 g/mol. The van der Waals surface area contributed by atoms with Gasteiger partial charge in [-0.1, -0.05) is 0 Å². The average Bonchev–Trinajstić information content (AvgIpc) is 2.87. The number of hydrogen-bond acceptors (Lipinski definition) is 5. The number of likely N-dealkylation sites (tertiary alicyclic amines) is 1. The summed E-state index contributed by atoms with van der Waals surface area (Å²) in [4.78, 5) is 38.7. The maximum Gasteiger partial charge on any atom is 0.307 e. The van der Waals surface area contributed by atoms with Gasteiger partial charge in [-0.3, -0.25) is 14.4 Å². The molecule has 0 aliphatic carbocycles. The molecule has 1 aliphatic rings. The molecule has 0 N–H and O–H groups in total. The van der Waals surface area contributed by atoms with Crippen LogP contribution in [0.4, 0.5) is 0 Å². The van der Waals surface area contributed by atoms with Gasteiger partial charge in [0.15, 0.2) is 0 Å². The molecule has 0 aromatic rings. The average molecular weight is 300 g/mol.